The number of fused-ring (bicyclic) bond motifs is 1. The molecule has 3 aromatic heterocycles. The van der Waals surface area contributed by atoms with Gasteiger partial charge in [-0.05, 0) is 44.4 Å². The summed E-state index contributed by atoms with van der Waals surface area (Å²) in [6.45, 7) is 10.4. The maximum Gasteiger partial charge on any atom is 0.257 e. The highest BCUT2D eigenvalue weighted by atomic mass is 16.5. The Morgan fingerprint density at radius 1 is 1.20 bits per heavy atom. The average Bonchev–Trinajstić information content (AvgIpc) is 2.90. The van der Waals surface area contributed by atoms with E-state index in [9.17, 15) is 4.79 Å². The number of nitrogens with zero attached hydrogens (tertiary/aromatic N) is 2. The molecule has 0 saturated heterocycles. The molecule has 0 amide bonds. The van der Waals surface area contributed by atoms with Gasteiger partial charge in [-0.2, -0.15) is 0 Å². The van der Waals surface area contributed by atoms with Crippen molar-refractivity contribution in [1.29, 1.82) is 0 Å². The molecule has 3 heterocycles. The van der Waals surface area contributed by atoms with E-state index in [1.54, 1.807) is 7.11 Å². The molecular weight excluding hydrogens is 314 g/mol. The van der Waals surface area contributed by atoms with E-state index in [2.05, 4.69) is 29.6 Å². The molecule has 0 aliphatic carbocycles. The van der Waals surface area contributed by atoms with Crippen LogP contribution in [0.25, 0.3) is 22.3 Å². The molecule has 0 spiro atoms. The third kappa shape index (κ3) is 2.95. The lowest BCUT2D eigenvalue weighted by molar-refractivity contribution is 0.415. The van der Waals surface area contributed by atoms with Gasteiger partial charge < -0.3 is 14.3 Å². The molecule has 0 bridgehead atoms. The number of aromatic amines is 1. The van der Waals surface area contributed by atoms with Crippen molar-refractivity contribution in [3.8, 4) is 17.0 Å². The highest BCUT2D eigenvalue weighted by Gasteiger charge is 2.18. The molecule has 0 saturated carbocycles. The molecule has 5 nitrogen and oxygen atoms in total. The third-order valence-corrected chi connectivity index (χ3v) is 4.54. The van der Waals surface area contributed by atoms with Gasteiger partial charge in [-0.25, -0.2) is 4.98 Å². The minimum atomic E-state index is -0.141. The summed E-state index contributed by atoms with van der Waals surface area (Å²) in [6, 6.07) is 6.07. The maximum absolute atomic E-state index is 12.6. The van der Waals surface area contributed by atoms with Crippen LogP contribution in [-0.4, -0.2) is 21.6 Å². The Morgan fingerprint density at radius 3 is 2.48 bits per heavy atom. The van der Waals surface area contributed by atoms with Gasteiger partial charge in [-0.3, -0.25) is 4.79 Å². The zero-order chi connectivity index (χ0) is 18.3. The number of nitrogens with one attached hydrogen (secondary N) is 1. The number of H-pyrrole nitrogens is 1. The SMILES string of the molecule is COc1cc2c(nc1-c1ccc(C(C)C)[nH]c1=O)c(C)cn2C(C)C. The highest BCUT2D eigenvalue weighted by Crippen LogP contribution is 2.33. The minimum absolute atomic E-state index is 0.141. The Labute approximate surface area is 147 Å². The second-order valence-corrected chi connectivity index (χ2v) is 7.03. The van der Waals surface area contributed by atoms with Gasteiger partial charge in [0.05, 0.1) is 23.7 Å². The second kappa shape index (κ2) is 6.39. The first-order valence-electron chi connectivity index (χ1n) is 8.63. The third-order valence-electron chi connectivity index (χ3n) is 4.54. The van der Waals surface area contributed by atoms with Gasteiger partial charge in [0.2, 0.25) is 0 Å². The maximum atomic E-state index is 12.6. The minimum Gasteiger partial charge on any atom is -0.494 e. The molecule has 3 rings (SSSR count). The van der Waals surface area contributed by atoms with E-state index in [4.69, 9.17) is 9.72 Å². The Balaban J connectivity index is 2.26. The molecule has 0 unspecified atom stereocenters. The number of rotatable bonds is 4. The Bertz CT molecular complexity index is 981. The second-order valence-electron chi connectivity index (χ2n) is 7.03. The summed E-state index contributed by atoms with van der Waals surface area (Å²) < 4.78 is 7.73. The topological polar surface area (TPSA) is 59.9 Å². The van der Waals surface area contributed by atoms with Crippen LogP contribution in [0.15, 0.2) is 29.2 Å². The number of hydrogen-bond donors (Lipinski definition) is 1. The predicted molar refractivity (Wildman–Crippen MR) is 102 cm³/mol. The van der Waals surface area contributed by atoms with E-state index in [1.807, 2.05) is 39.0 Å². The Morgan fingerprint density at radius 2 is 1.92 bits per heavy atom. The van der Waals surface area contributed by atoms with Crippen molar-refractivity contribution in [3.63, 3.8) is 0 Å². The number of aryl methyl sites for hydroxylation is 1. The molecule has 0 aliphatic heterocycles. The summed E-state index contributed by atoms with van der Waals surface area (Å²) in [5, 5.41) is 0. The molecule has 5 heteroatoms. The van der Waals surface area contributed by atoms with E-state index in [-0.39, 0.29) is 11.5 Å². The van der Waals surface area contributed by atoms with Crippen molar-refractivity contribution in [3.05, 3.63) is 46.0 Å². The van der Waals surface area contributed by atoms with Gasteiger partial charge >= 0.3 is 0 Å². The van der Waals surface area contributed by atoms with E-state index < -0.39 is 0 Å². The molecule has 0 aliphatic rings. The first-order valence-corrected chi connectivity index (χ1v) is 8.63. The van der Waals surface area contributed by atoms with Crippen LogP contribution in [0, 0.1) is 6.92 Å². The largest absolute Gasteiger partial charge is 0.494 e. The van der Waals surface area contributed by atoms with E-state index >= 15 is 0 Å². The molecule has 0 atom stereocenters. The van der Waals surface area contributed by atoms with Crippen LogP contribution >= 0.6 is 0 Å². The smallest absolute Gasteiger partial charge is 0.257 e. The van der Waals surface area contributed by atoms with Crippen LogP contribution in [-0.2, 0) is 0 Å². The van der Waals surface area contributed by atoms with Crippen LogP contribution in [0.3, 0.4) is 0 Å². The fourth-order valence-corrected chi connectivity index (χ4v) is 3.10. The molecule has 1 N–H and O–H groups in total. The quantitative estimate of drug-likeness (QED) is 0.766. The van der Waals surface area contributed by atoms with Crippen molar-refractivity contribution < 1.29 is 4.74 Å². The first kappa shape index (κ1) is 17.3. The number of aromatic nitrogens is 3. The van der Waals surface area contributed by atoms with Crippen molar-refractivity contribution in [2.45, 2.75) is 46.6 Å². The zero-order valence-electron chi connectivity index (χ0n) is 15.7. The predicted octanol–water partition coefficient (Wildman–Crippen LogP) is 4.41. The first-order chi connectivity index (χ1) is 11.8. The van der Waals surface area contributed by atoms with Crippen molar-refractivity contribution in [1.82, 2.24) is 14.5 Å². The van der Waals surface area contributed by atoms with E-state index in [0.29, 0.717) is 23.0 Å². The summed E-state index contributed by atoms with van der Waals surface area (Å²) in [6.07, 6.45) is 2.09. The van der Waals surface area contributed by atoms with Gasteiger partial charge in [0.15, 0.2) is 0 Å². The Kier molecular flexibility index (Phi) is 4.41. The van der Waals surface area contributed by atoms with Crippen LogP contribution in [0.4, 0.5) is 0 Å². The molecular formula is C20H25N3O2. The van der Waals surface area contributed by atoms with Gasteiger partial charge in [0.1, 0.15) is 11.4 Å². The molecule has 25 heavy (non-hydrogen) atoms. The molecule has 132 valence electrons. The molecule has 0 fully saturated rings. The number of ether oxygens (including phenoxy) is 1. The lowest BCUT2D eigenvalue weighted by atomic mass is 10.1. The number of methoxy groups -OCH3 is 1. The summed E-state index contributed by atoms with van der Waals surface area (Å²) >= 11 is 0. The lowest BCUT2D eigenvalue weighted by Gasteiger charge is -2.13. The van der Waals surface area contributed by atoms with Crippen LogP contribution in [0.5, 0.6) is 5.75 Å². The zero-order valence-corrected chi connectivity index (χ0v) is 15.7. The normalized spacial score (nSPS) is 11.7. The van der Waals surface area contributed by atoms with Crippen LogP contribution in [0.2, 0.25) is 0 Å². The van der Waals surface area contributed by atoms with E-state index in [1.165, 1.54) is 0 Å². The lowest BCUT2D eigenvalue weighted by Crippen LogP contribution is -2.13. The van der Waals surface area contributed by atoms with E-state index in [0.717, 1.165) is 22.3 Å². The van der Waals surface area contributed by atoms with Crippen molar-refractivity contribution >= 4 is 11.0 Å². The summed E-state index contributed by atoms with van der Waals surface area (Å²) in [7, 11) is 1.61. The van der Waals surface area contributed by atoms with Crippen LogP contribution < -0.4 is 10.3 Å². The van der Waals surface area contributed by atoms with Gasteiger partial charge in [-0.15, -0.1) is 0 Å². The van der Waals surface area contributed by atoms with Gasteiger partial charge in [0, 0.05) is 24.0 Å². The molecule has 3 aromatic rings. The summed E-state index contributed by atoms with van der Waals surface area (Å²) in [5.41, 5.74) is 4.88. The number of pyridine rings is 2. The van der Waals surface area contributed by atoms with Gasteiger partial charge in [0.25, 0.3) is 5.56 Å². The molecule has 0 radical (unpaired) electrons. The molecule has 0 aromatic carbocycles. The fourth-order valence-electron chi connectivity index (χ4n) is 3.10. The number of hydrogen-bond acceptors (Lipinski definition) is 3. The average molecular weight is 339 g/mol. The van der Waals surface area contributed by atoms with Crippen LogP contribution in [0.1, 0.15) is 50.9 Å². The standard InChI is InChI=1S/C20H25N3O2/c1-11(2)15-8-7-14(20(24)21-15)19-17(25-6)9-16-18(22-19)13(5)10-23(16)12(3)4/h7-12H,1-6H3,(H,21,24). The fraction of sp³-hybridized carbons (Fsp3) is 0.400. The Hall–Kier alpha value is -2.56. The van der Waals surface area contributed by atoms with Crippen molar-refractivity contribution in [2.75, 3.05) is 7.11 Å². The summed E-state index contributed by atoms with van der Waals surface area (Å²) in [4.78, 5) is 20.3. The monoisotopic (exact) mass is 339 g/mol. The summed E-state index contributed by atoms with van der Waals surface area (Å²) in [5.74, 6) is 0.872. The highest BCUT2D eigenvalue weighted by molar-refractivity contribution is 5.85. The van der Waals surface area contributed by atoms with Gasteiger partial charge in [-0.1, -0.05) is 13.8 Å². The van der Waals surface area contributed by atoms with Crippen molar-refractivity contribution in [2.24, 2.45) is 0 Å².